The zero-order valence-corrected chi connectivity index (χ0v) is 11.9. The zero-order valence-electron chi connectivity index (χ0n) is 11.9. The van der Waals surface area contributed by atoms with E-state index in [0.29, 0.717) is 28.0 Å². The van der Waals surface area contributed by atoms with Gasteiger partial charge in [0.05, 0.1) is 5.56 Å². The van der Waals surface area contributed by atoms with Crippen molar-refractivity contribution < 1.29 is 18.3 Å². The van der Waals surface area contributed by atoms with E-state index in [1.165, 1.54) is 12.1 Å². The number of halogens is 1. The van der Waals surface area contributed by atoms with Gasteiger partial charge in [0.15, 0.2) is 0 Å². The van der Waals surface area contributed by atoms with Gasteiger partial charge >= 0.3 is 0 Å². The molecule has 1 heterocycles. The number of carbonyl (C=O) groups excluding carboxylic acids is 1. The van der Waals surface area contributed by atoms with Gasteiger partial charge in [-0.25, -0.2) is 4.39 Å². The van der Waals surface area contributed by atoms with E-state index in [9.17, 15) is 9.18 Å². The van der Waals surface area contributed by atoms with Crippen molar-refractivity contribution in [2.75, 3.05) is 0 Å². The monoisotopic (exact) mass is 299 g/mol. The first-order valence-corrected chi connectivity index (χ1v) is 6.75. The quantitative estimate of drug-likeness (QED) is 0.801. The Bertz CT molecular complexity index is 854. The largest absolute Gasteiger partial charge is 0.489 e. The summed E-state index contributed by atoms with van der Waals surface area (Å²) in [5, 5.41) is 0.613. The highest BCUT2D eigenvalue weighted by Gasteiger charge is 2.16. The molecule has 0 bridgehead atoms. The fraction of sp³-hybridized carbons (Fsp3) is 0.118. The van der Waals surface area contributed by atoms with Crippen molar-refractivity contribution in [1.82, 2.24) is 0 Å². The van der Waals surface area contributed by atoms with Gasteiger partial charge < -0.3 is 14.9 Å². The minimum Gasteiger partial charge on any atom is -0.489 e. The Kier molecular flexibility index (Phi) is 3.55. The molecule has 22 heavy (non-hydrogen) atoms. The molecule has 0 radical (unpaired) electrons. The highest BCUT2D eigenvalue weighted by molar-refractivity contribution is 6.06. The smallest absolute Gasteiger partial charge is 0.252 e. The Hall–Kier alpha value is -2.82. The van der Waals surface area contributed by atoms with Crippen LogP contribution in [0, 0.1) is 12.7 Å². The molecule has 0 atom stereocenters. The summed E-state index contributed by atoms with van der Waals surface area (Å²) in [6.07, 6.45) is 0. The van der Waals surface area contributed by atoms with Gasteiger partial charge in [0.1, 0.15) is 29.5 Å². The molecule has 112 valence electrons. The standard InChI is InChI=1S/C17H14FNO3/c1-10-16(17(19)20)14-8-13(5-6-15(14)22-10)21-9-11-3-2-4-12(18)7-11/h2-8H,9H2,1H3,(H2,19,20). The number of hydrogen-bond acceptors (Lipinski definition) is 3. The number of furan rings is 1. The van der Waals surface area contributed by atoms with Crippen LogP contribution in [0.25, 0.3) is 11.0 Å². The fourth-order valence-electron chi connectivity index (χ4n) is 2.39. The fourth-order valence-corrected chi connectivity index (χ4v) is 2.39. The molecule has 0 saturated carbocycles. The molecule has 2 N–H and O–H groups in total. The Balaban J connectivity index is 1.88. The topological polar surface area (TPSA) is 65.5 Å². The molecular formula is C17H14FNO3. The molecule has 3 aromatic rings. The van der Waals surface area contributed by atoms with Gasteiger partial charge in [-0.1, -0.05) is 12.1 Å². The summed E-state index contributed by atoms with van der Waals surface area (Å²) in [5.74, 6) is 0.182. The first kappa shape index (κ1) is 14.1. The van der Waals surface area contributed by atoms with Crippen molar-refractivity contribution in [2.45, 2.75) is 13.5 Å². The minimum atomic E-state index is -0.543. The molecule has 0 fully saturated rings. The number of primary amides is 1. The van der Waals surface area contributed by atoms with Crippen molar-refractivity contribution in [2.24, 2.45) is 5.73 Å². The molecule has 4 nitrogen and oxygen atoms in total. The third-order valence-corrected chi connectivity index (χ3v) is 3.38. The number of carbonyl (C=O) groups is 1. The number of benzene rings is 2. The number of aryl methyl sites for hydroxylation is 1. The zero-order chi connectivity index (χ0) is 15.7. The number of ether oxygens (including phenoxy) is 1. The number of hydrogen-bond donors (Lipinski definition) is 1. The average molecular weight is 299 g/mol. The number of rotatable bonds is 4. The van der Waals surface area contributed by atoms with Gasteiger partial charge in [0, 0.05) is 5.39 Å². The van der Waals surface area contributed by atoms with Crippen molar-refractivity contribution in [1.29, 1.82) is 0 Å². The Morgan fingerprint density at radius 3 is 2.82 bits per heavy atom. The summed E-state index contributed by atoms with van der Waals surface area (Å²) in [5.41, 5.74) is 7.02. The highest BCUT2D eigenvalue weighted by atomic mass is 19.1. The number of amides is 1. The van der Waals surface area contributed by atoms with E-state index in [4.69, 9.17) is 14.9 Å². The Labute approximate surface area is 126 Å². The van der Waals surface area contributed by atoms with Crippen LogP contribution in [0.4, 0.5) is 4.39 Å². The SMILES string of the molecule is Cc1oc2ccc(OCc3cccc(F)c3)cc2c1C(N)=O. The predicted molar refractivity (Wildman–Crippen MR) is 80.2 cm³/mol. The number of nitrogens with two attached hydrogens (primary N) is 1. The van der Waals surface area contributed by atoms with E-state index in [0.717, 1.165) is 5.56 Å². The second-order valence-electron chi connectivity index (χ2n) is 4.97. The third kappa shape index (κ3) is 2.65. The van der Waals surface area contributed by atoms with Gasteiger partial charge in [-0.05, 0) is 42.8 Å². The lowest BCUT2D eigenvalue weighted by molar-refractivity contribution is 0.1000. The van der Waals surface area contributed by atoms with E-state index in [-0.39, 0.29) is 12.4 Å². The lowest BCUT2D eigenvalue weighted by atomic mass is 10.1. The molecule has 0 aliphatic carbocycles. The number of fused-ring (bicyclic) bond motifs is 1. The average Bonchev–Trinajstić information content (AvgIpc) is 2.80. The first-order chi connectivity index (χ1) is 10.5. The van der Waals surface area contributed by atoms with E-state index in [1.807, 2.05) is 0 Å². The summed E-state index contributed by atoms with van der Waals surface area (Å²) in [6.45, 7) is 1.92. The van der Waals surface area contributed by atoms with Gasteiger partial charge in [-0.3, -0.25) is 4.79 Å². The van der Waals surface area contributed by atoms with Crippen molar-refractivity contribution in [3.8, 4) is 5.75 Å². The second-order valence-corrected chi connectivity index (χ2v) is 4.97. The lowest BCUT2D eigenvalue weighted by Crippen LogP contribution is -2.11. The highest BCUT2D eigenvalue weighted by Crippen LogP contribution is 2.29. The van der Waals surface area contributed by atoms with Gasteiger partial charge in [0.25, 0.3) is 5.91 Å². The predicted octanol–water partition coefficient (Wildman–Crippen LogP) is 3.56. The van der Waals surface area contributed by atoms with E-state index in [1.54, 1.807) is 37.3 Å². The van der Waals surface area contributed by atoms with Crippen LogP contribution in [0.1, 0.15) is 21.7 Å². The van der Waals surface area contributed by atoms with Crippen molar-refractivity contribution >= 4 is 16.9 Å². The van der Waals surface area contributed by atoms with Crippen LogP contribution >= 0.6 is 0 Å². The molecule has 0 saturated heterocycles. The van der Waals surface area contributed by atoms with Gasteiger partial charge in [0.2, 0.25) is 0 Å². The Morgan fingerprint density at radius 1 is 1.27 bits per heavy atom. The van der Waals surface area contributed by atoms with Crippen LogP contribution < -0.4 is 10.5 Å². The molecule has 3 rings (SSSR count). The molecule has 0 aliphatic heterocycles. The normalized spacial score (nSPS) is 10.8. The summed E-state index contributed by atoms with van der Waals surface area (Å²) in [6, 6.07) is 11.3. The molecule has 1 amide bonds. The molecule has 0 unspecified atom stereocenters. The summed E-state index contributed by atoms with van der Waals surface area (Å²) < 4.78 is 24.3. The summed E-state index contributed by atoms with van der Waals surface area (Å²) in [4.78, 5) is 11.5. The first-order valence-electron chi connectivity index (χ1n) is 6.75. The van der Waals surface area contributed by atoms with Gasteiger partial charge in [-0.15, -0.1) is 0 Å². The lowest BCUT2D eigenvalue weighted by Gasteiger charge is -2.06. The summed E-state index contributed by atoms with van der Waals surface area (Å²) >= 11 is 0. The van der Waals surface area contributed by atoms with E-state index in [2.05, 4.69) is 0 Å². The molecule has 5 heteroatoms. The maximum atomic E-state index is 13.1. The van der Waals surface area contributed by atoms with Crippen LogP contribution in [0.3, 0.4) is 0 Å². The maximum absolute atomic E-state index is 13.1. The second kappa shape index (κ2) is 5.52. The third-order valence-electron chi connectivity index (χ3n) is 3.38. The Morgan fingerprint density at radius 2 is 2.09 bits per heavy atom. The molecule has 2 aromatic carbocycles. The van der Waals surface area contributed by atoms with E-state index < -0.39 is 5.91 Å². The van der Waals surface area contributed by atoms with Gasteiger partial charge in [-0.2, -0.15) is 0 Å². The van der Waals surface area contributed by atoms with Crippen LogP contribution in [0.2, 0.25) is 0 Å². The van der Waals surface area contributed by atoms with Crippen LogP contribution in [0.5, 0.6) is 5.75 Å². The molecule has 0 spiro atoms. The van der Waals surface area contributed by atoms with Crippen LogP contribution in [0.15, 0.2) is 46.9 Å². The van der Waals surface area contributed by atoms with Crippen LogP contribution in [-0.2, 0) is 6.61 Å². The summed E-state index contributed by atoms with van der Waals surface area (Å²) in [7, 11) is 0. The van der Waals surface area contributed by atoms with Crippen molar-refractivity contribution in [3.63, 3.8) is 0 Å². The van der Waals surface area contributed by atoms with E-state index >= 15 is 0 Å². The molecule has 0 aliphatic rings. The van der Waals surface area contributed by atoms with Crippen molar-refractivity contribution in [3.05, 3.63) is 65.2 Å². The minimum absolute atomic E-state index is 0.228. The van der Waals surface area contributed by atoms with Crippen LogP contribution in [-0.4, -0.2) is 5.91 Å². The maximum Gasteiger partial charge on any atom is 0.252 e. The molecule has 1 aromatic heterocycles. The molecular weight excluding hydrogens is 285 g/mol.